The van der Waals surface area contributed by atoms with E-state index in [-0.39, 0.29) is 0 Å². The lowest BCUT2D eigenvalue weighted by Gasteiger charge is -2.19. The highest BCUT2D eigenvalue weighted by Gasteiger charge is 2.27. The molecule has 1 aliphatic rings. The van der Waals surface area contributed by atoms with Crippen LogP contribution in [0.25, 0.3) is 0 Å². The zero-order valence-corrected chi connectivity index (χ0v) is 6.66. The molecule has 0 nitrogen and oxygen atoms in total. The van der Waals surface area contributed by atoms with Gasteiger partial charge in [-0.3, -0.25) is 0 Å². The summed E-state index contributed by atoms with van der Waals surface area (Å²) in [6.07, 6.45) is 8.34. The Hall–Kier alpha value is 0.0900. The van der Waals surface area contributed by atoms with Gasteiger partial charge in [-0.2, -0.15) is 12.6 Å². The summed E-state index contributed by atoms with van der Waals surface area (Å²) in [4.78, 5) is 0. The highest BCUT2D eigenvalue weighted by molar-refractivity contribution is 7.81. The van der Waals surface area contributed by atoms with Crippen molar-refractivity contribution >= 4 is 12.6 Å². The zero-order chi connectivity index (χ0) is 6.74. The molecule has 0 unspecified atom stereocenters. The van der Waals surface area contributed by atoms with Gasteiger partial charge in [0.1, 0.15) is 0 Å². The maximum absolute atomic E-state index is 4.59. The van der Waals surface area contributed by atoms with E-state index in [1.807, 2.05) is 6.08 Å². The van der Waals surface area contributed by atoms with Crippen molar-refractivity contribution in [1.29, 1.82) is 0 Å². The second-order valence-electron chi connectivity index (χ2n) is 2.92. The van der Waals surface area contributed by atoms with E-state index in [2.05, 4.69) is 19.2 Å². The van der Waals surface area contributed by atoms with Gasteiger partial charge in [0.05, 0.1) is 0 Å². The molecule has 0 radical (unpaired) electrons. The molecule has 1 saturated carbocycles. The van der Waals surface area contributed by atoms with Crippen LogP contribution in [0, 0.1) is 0 Å². The Morgan fingerprint density at radius 2 is 2.00 bits per heavy atom. The van der Waals surface area contributed by atoms with Gasteiger partial charge in [-0.1, -0.05) is 18.9 Å². The fourth-order valence-corrected chi connectivity index (χ4v) is 1.95. The van der Waals surface area contributed by atoms with Gasteiger partial charge in [0.25, 0.3) is 0 Å². The quantitative estimate of drug-likeness (QED) is 0.445. The molecule has 0 spiro atoms. The molecule has 1 rings (SSSR count). The summed E-state index contributed by atoms with van der Waals surface area (Å²) in [5, 5.41) is 0. The topological polar surface area (TPSA) is 0 Å². The fourth-order valence-electron chi connectivity index (χ4n) is 1.51. The van der Waals surface area contributed by atoms with Crippen molar-refractivity contribution in [3.63, 3.8) is 0 Å². The molecule has 0 aliphatic heterocycles. The first-order valence-electron chi connectivity index (χ1n) is 3.60. The molecule has 0 bridgehead atoms. The summed E-state index contributed by atoms with van der Waals surface area (Å²) in [6, 6.07) is 0. The molecular weight excluding hydrogens is 128 g/mol. The monoisotopic (exact) mass is 142 g/mol. The maximum atomic E-state index is 4.59. The normalized spacial score (nSPS) is 24.1. The summed E-state index contributed by atoms with van der Waals surface area (Å²) in [7, 11) is 0. The smallest absolute Gasteiger partial charge is 0.0164 e. The Bertz CT molecular complexity index is 101. The summed E-state index contributed by atoms with van der Waals surface area (Å²) in [6.45, 7) is 3.72. The predicted octanol–water partition coefficient (Wildman–Crippen LogP) is 2.81. The van der Waals surface area contributed by atoms with E-state index >= 15 is 0 Å². The van der Waals surface area contributed by atoms with Gasteiger partial charge in [0, 0.05) is 4.75 Å². The number of hydrogen-bond donors (Lipinski definition) is 1. The van der Waals surface area contributed by atoms with E-state index in [1.54, 1.807) is 0 Å². The van der Waals surface area contributed by atoms with Crippen LogP contribution in [0.5, 0.6) is 0 Å². The van der Waals surface area contributed by atoms with Crippen LogP contribution in [0.15, 0.2) is 12.7 Å². The highest BCUT2D eigenvalue weighted by Crippen LogP contribution is 2.38. The van der Waals surface area contributed by atoms with Crippen molar-refractivity contribution in [2.75, 3.05) is 0 Å². The molecule has 0 N–H and O–H groups in total. The minimum Gasteiger partial charge on any atom is -0.172 e. The molecule has 1 fully saturated rings. The molecule has 0 amide bonds. The standard InChI is InChI=1S/C8H14S/c1-2-5-8(9)6-3-4-7-8/h2,9H,1,3-7H2. The first-order chi connectivity index (χ1) is 4.27. The first kappa shape index (κ1) is 7.20. The predicted molar refractivity (Wildman–Crippen MR) is 45.0 cm³/mol. The van der Waals surface area contributed by atoms with E-state index < -0.39 is 0 Å². The Morgan fingerprint density at radius 1 is 1.44 bits per heavy atom. The van der Waals surface area contributed by atoms with Crippen molar-refractivity contribution < 1.29 is 0 Å². The number of hydrogen-bond acceptors (Lipinski definition) is 1. The summed E-state index contributed by atoms with van der Waals surface area (Å²) < 4.78 is 0.321. The average molecular weight is 142 g/mol. The lowest BCUT2D eigenvalue weighted by atomic mass is 10.0. The first-order valence-corrected chi connectivity index (χ1v) is 4.05. The highest BCUT2D eigenvalue weighted by atomic mass is 32.1. The van der Waals surface area contributed by atoms with Crippen LogP contribution in [0.4, 0.5) is 0 Å². The van der Waals surface area contributed by atoms with E-state index in [0.717, 1.165) is 6.42 Å². The molecule has 1 aliphatic carbocycles. The second kappa shape index (κ2) is 2.78. The molecule has 0 aromatic rings. The molecule has 1 heteroatoms. The minimum atomic E-state index is 0.321. The molecule has 0 atom stereocenters. The van der Waals surface area contributed by atoms with Crippen LogP contribution >= 0.6 is 12.6 Å². The number of rotatable bonds is 2. The Morgan fingerprint density at radius 3 is 2.44 bits per heavy atom. The Kier molecular flexibility index (Phi) is 2.23. The van der Waals surface area contributed by atoms with Gasteiger partial charge in [-0.15, -0.1) is 6.58 Å². The third kappa shape index (κ3) is 1.75. The minimum absolute atomic E-state index is 0.321. The van der Waals surface area contributed by atoms with Crippen LogP contribution in [-0.4, -0.2) is 4.75 Å². The number of allylic oxidation sites excluding steroid dienone is 1. The van der Waals surface area contributed by atoms with Gasteiger partial charge in [0.15, 0.2) is 0 Å². The van der Waals surface area contributed by atoms with E-state index in [9.17, 15) is 0 Å². The van der Waals surface area contributed by atoms with Gasteiger partial charge in [-0.05, 0) is 19.3 Å². The lowest BCUT2D eigenvalue weighted by Crippen LogP contribution is -2.13. The van der Waals surface area contributed by atoms with Crippen molar-refractivity contribution in [2.24, 2.45) is 0 Å². The van der Waals surface area contributed by atoms with Gasteiger partial charge < -0.3 is 0 Å². The van der Waals surface area contributed by atoms with Crippen molar-refractivity contribution in [1.82, 2.24) is 0 Å². The van der Waals surface area contributed by atoms with E-state index in [1.165, 1.54) is 25.7 Å². The van der Waals surface area contributed by atoms with Crippen LogP contribution < -0.4 is 0 Å². The Labute approximate surface area is 62.8 Å². The van der Waals surface area contributed by atoms with Crippen LogP contribution in [0.3, 0.4) is 0 Å². The molecular formula is C8H14S. The summed E-state index contributed by atoms with van der Waals surface area (Å²) >= 11 is 4.59. The van der Waals surface area contributed by atoms with Crippen LogP contribution in [0.2, 0.25) is 0 Å². The fraction of sp³-hybridized carbons (Fsp3) is 0.750. The third-order valence-electron chi connectivity index (χ3n) is 2.06. The maximum Gasteiger partial charge on any atom is 0.0164 e. The molecule has 0 aromatic heterocycles. The summed E-state index contributed by atoms with van der Waals surface area (Å²) in [5.74, 6) is 0. The largest absolute Gasteiger partial charge is 0.172 e. The number of thiol groups is 1. The van der Waals surface area contributed by atoms with Crippen LogP contribution in [-0.2, 0) is 0 Å². The molecule has 0 heterocycles. The average Bonchev–Trinajstić information content (AvgIpc) is 2.16. The van der Waals surface area contributed by atoms with Crippen molar-refractivity contribution in [2.45, 2.75) is 36.9 Å². The van der Waals surface area contributed by atoms with Crippen molar-refractivity contribution in [3.8, 4) is 0 Å². The van der Waals surface area contributed by atoms with E-state index in [0.29, 0.717) is 4.75 Å². The Balaban J connectivity index is 2.40. The molecule has 0 aromatic carbocycles. The van der Waals surface area contributed by atoms with Gasteiger partial charge >= 0.3 is 0 Å². The summed E-state index contributed by atoms with van der Waals surface area (Å²) in [5.41, 5.74) is 0. The second-order valence-corrected chi connectivity index (χ2v) is 3.87. The van der Waals surface area contributed by atoms with Gasteiger partial charge in [0.2, 0.25) is 0 Å². The third-order valence-corrected chi connectivity index (χ3v) is 2.69. The van der Waals surface area contributed by atoms with Crippen molar-refractivity contribution in [3.05, 3.63) is 12.7 Å². The molecule has 52 valence electrons. The van der Waals surface area contributed by atoms with Crippen LogP contribution in [0.1, 0.15) is 32.1 Å². The SMILES string of the molecule is C=CCC1(S)CCCC1. The zero-order valence-electron chi connectivity index (χ0n) is 5.77. The van der Waals surface area contributed by atoms with Gasteiger partial charge in [-0.25, -0.2) is 0 Å². The van der Waals surface area contributed by atoms with E-state index in [4.69, 9.17) is 0 Å². The lowest BCUT2D eigenvalue weighted by molar-refractivity contribution is 0.623. The molecule has 0 saturated heterocycles. The molecule has 9 heavy (non-hydrogen) atoms.